The third-order valence-electron chi connectivity index (χ3n) is 2.56. The molecule has 5 heteroatoms. The molecule has 0 fully saturated rings. The molecular weight excluding hydrogens is 237 g/mol. The minimum atomic E-state index is -0.848. The number of halogens is 1. The molecule has 0 aliphatic heterocycles. The van der Waals surface area contributed by atoms with E-state index in [1.165, 1.54) is 19.2 Å². The number of benzene rings is 2. The molecule has 0 spiro atoms. The Morgan fingerprint density at radius 1 is 1.22 bits per heavy atom. The molecule has 0 heterocycles. The molecule has 0 aromatic heterocycles. The Hall–Kier alpha value is -2.43. The molecule has 2 aromatic carbocycles. The smallest absolute Gasteiger partial charge is 0.305 e. The van der Waals surface area contributed by atoms with E-state index in [9.17, 15) is 14.5 Å². The molecule has 0 saturated heterocycles. The highest BCUT2D eigenvalue weighted by Crippen LogP contribution is 2.32. The lowest BCUT2D eigenvalue weighted by Gasteiger charge is -2.08. The lowest BCUT2D eigenvalue weighted by atomic mass is 10.0. The summed E-state index contributed by atoms with van der Waals surface area (Å²) in [6, 6.07) is 10.8. The Balaban J connectivity index is 2.58. The van der Waals surface area contributed by atoms with Crippen LogP contribution in [0.5, 0.6) is 5.75 Å². The molecule has 92 valence electrons. The van der Waals surface area contributed by atoms with Crippen LogP contribution in [0, 0.1) is 15.9 Å². The van der Waals surface area contributed by atoms with Gasteiger partial charge in [-0.3, -0.25) is 10.1 Å². The second kappa shape index (κ2) is 4.83. The van der Waals surface area contributed by atoms with E-state index in [4.69, 9.17) is 4.74 Å². The lowest BCUT2D eigenvalue weighted by molar-refractivity contribution is -0.387. The first-order valence-electron chi connectivity index (χ1n) is 5.21. The molecule has 0 aliphatic carbocycles. The van der Waals surface area contributed by atoms with E-state index in [1.54, 1.807) is 24.3 Å². The highest BCUT2D eigenvalue weighted by Gasteiger charge is 2.16. The average Bonchev–Trinajstić information content (AvgIpc) is 2.39. The van der Waals surface area contributed by atoms with Crippen molar-refractivity contribution in [3.8, 4) is 16.9 Å². The van der Waals surface area contributed by atoms with Crippen LogP contribution in [0.2, 0.25) is 0 Å². The van der Waals surface area contributed by atoms with Crippen molar-refractivity contribution in [2.75, 3.05) is 7.11 Å². The highest BCUT2D eigenvalue weighted by atomic mass is 19.1. The summed E-state index contributed by atoms with van der Waals surface area (Å²) >= 11 is 0. The van der Waals surface area contributed by atoms with Crippen molar-refractivity contribution in [3.05, 3.63) is 58.4 Å². The average molecular weight is 247 g/mol. The van der Waals surface area contributed by atoms with Crippen molar-refractivity contribution >= 4 is 5.69 Å². The van der Waals surface area contributed by atoms with Gasteiger partial charge in [0, 0.05) is 11.6 Å². The third-order valence-corrected chi connectivity index (χ3v) is 2.56. The van der Waals surface area contributed by atoms with Crippen LogP contribution >= 0.6 is 0 Å². The van der Waals surface area contributed by atoms with Crippen LogP contribution in [0.15, 0.2) is 42.5 Å². The van der Waals surface area contributed by atoms with Gasteiger partial charge in [0.25, 0.3) is 0 Å². The second-order valence-corrected chi connectivity index (χ2v) is 3.62. The number of nitro groups is 1. The molecule has 2 aromatic rings. The monoisotopic (exact) mass is 247 g/mol. The van der Waals surface area contributed by atoms with Crippen LogP contribution in [0.25, 0.3) is 11.1 Å². The first-order chi connectivity index (χ1) is 8.63. The molecule has 0 radical (unpaired) electrons. The summed E-state index contributed by atoms with van der Waals surface area (Å²) in [5.74, 6) is -0.267. The molecule has 18 heavy (non-hydrogen) atoms. The molecule has 2 rings (SSSR count). The van der Waals surface area contributed by atoms with Gasteiger partial charge in [0.05, 0.1) is 12.0 Å². The predicted molar refractivity (Wildman–Crippen MR) is 65.0 cm³/mol. The molecule has 4 nitrogen and oxygen atoms in total. The van der Waals surface area contributed by atoms with Crippen LogP contribution in [-0.2, 0) is 0 Å². The van der Waals surface area contributed by atoms with E-state index < -0.39 is 16.4 Å². The number of nitro benzene ring substituents is 1. The van der Waals surface area contributed by atoms with E-state index in [0.29, 0.717) is 16.9 Å². The molecule has 0 bridgehead atoms. The van der Waals surface area contributed by atoms with Crippen molar-refractivity contribution in [3.63, 3.8) is 0 Å². The van der Waals surface area contributed by atoms with Gasteiger partial charge in [0.1, 0.15) is 5.75 Å². The topological polar surface area (TPSA) is 52.4 Å². The van der Waals surface area contributed by atoms with E-state index >= 15 is 0 Å². The van der Waals surface area contributed by atoms with Gasteiger partial charge in [-0.25, -0.2) is 0 Å². The number of hydrogen-bond acceptors (Lipinski definition) is 3. The standard InChI is InChI=1S/C13H10FNO3/c1-18-13-5-3-2-4-10(13)9-6-7-11(14)12(8-9)15(16)17/h2-8H,1H3. The fourth-order valence-electron chi connectivity index (χ4n) is 1.70. The molecular formula is C13H10FNO3. The number of para-hydroxylation sites is 1. The van der Waals surface area contributed by atoms with Gasteiger partial charge in [0.15, 0.2) is 0 Å². The van der Waals surface area contributed by atoms with Gasteiger partial charge in [-0.1, -0.05) is 24.3 Å². The zero-order chi connectivity index (χ0) is 13.1. The molecule has 0 saturated carbocycles. The van der Waals surface area contributed by atoms with E-state index in [-0.39, 0.29) is 0 Å². The van der Waals surface area contributed by atoms with E-state index in [1.807, 2.05) is 0 Å². The number of ether oxygens (including phenoxy) is 1. The predicted octanol–water partition coefficient (Wildman–Crippen LogP) is 3.41. The summed E-state index contributed by atoms with van der Waals surface area (Å²) in [4.78, 5) is 9.95. The maximum atomic E-state index is 13.2. The van der Waals surface area contributed by atoms with Gasteiger partial charge in [-0.2, -0.15) is 4.39 Å². The largest absolute Gasteiger partial charge is 0.496 e. The van der Waals surface area contributed by atoms with Crippen molar-refractivity contribution in [2.24, 2.45) is 0 Å². The van der Waals surface area contributed by atoms with Gasteiger partial charge >= 0.3 is 5.69 Å². The summed E-state index contributed by atoms with van der Waals surface area (Å²) in [6.07, 6.45) is 0. The molecule has 0 unspecified atom stereocenters. The Bertz CT molecular complexity index is 599. The fourth-order valence-corrected chi connectivity index (χ4v) is 1.70. The number of rotatable bonds is 3. The van der Waals surface area contributed by atoms with Crippen LogP contribution in [0.3, 0.4) is 0 Å². The second-order valence-electron chi connectivity index (χ2n) is 3.62. The Morgan fingerprint density at radius 2 is 1.94 bits per heavy atom. The maximum Gasteiger partial charge on any atom is 0.305 e. The van der Waals surface area contributed by atoms with Crippen LogP contribution < -0.4 is 4.74 Å². The van der Waals surface area contributed by atoms with E-state index in [0.717, 1.165) is 6.07 Å². The van der Waals surface area contributed by atoms with Crippen LogP contribution in [0.1, 0.15) is 0 Å². The third kappa shape index (κ3) is 2.15. The normalized spacial score (nSPS) is 10.1. The molecule has 0 aliphatic rings. The van der Waals surface area contributed by atoms with Gasteiger partial charge < -0.3 is 4.74 Å². The molecule has 0 amide bonds. The fraction of sp³-hybridized carbons (Fsp3) is 0.0769. The quantitative estimate of drug-likeness (QED) is 0.617. The van der Waals surface area contributed by atoms with Crippen LogP contribution in [0.4, 0.5) is 10.1 Å². The Labute approximate surface area is 103 Å². The van der Waals surface area contributed by atoms with Gasteiger partial charge in [-0.05, 0) is 17.7 Å². The lowest BCUT2D eigenvalue weighted by Crippen LogP contribution is -1.94. The van der Waals surface area contributed by atoms with Gasteiger partial charge in [0.2, 0.25) is 5.82 Å². The SMILES string of the molecule is COc1ccccc1-c1ccc(F)c([N+](=O)[O-])c1. The first-order valence-corrected chi connectivity index (χ1v) is 5.21. The summed E-state index contributed by atoms with van der Waals surface area (Å²) in [6.45, 7) is 0. The highest BCUT2D eigenvalue weighted by molar-refractivity contribution is 5.72. The summed E-state index contributed by atoms with van der Waals surface area (Å²) in [5.41, 5.74) is 0.682. The minimum Gasteiger partial charge on any atom is -0.496 e. The number of hydrogen-bond donors (Lipinski definition) is 0. The van der Waals surface area contributed by atoms with E-state index in [2.05, 4.69) is 0 Å². The Morgan fingerprint density at radius 3 is 2.61 bits per heavy atom. The van der Waals surface area contributed by atoms with Crippen LogP contribution in [-0.4, -0.2) is 12.0 Å². The first kappa shape index (κ1) is 12.0. The minimum absolute atomic E-state index is 0.542. The van der Waals surface area contributed by atoms with Crippen molar-refractivity contribution in [2.45, 2.75) is 0 Å². The molecule has 0 atom stereocenters. The van der Waals surface area contributed by atoms with Crippen molar-refractivity contribution < 1.29 is 14.1 Å². The molecule has 0 N–H and O–H groups in total. The zero-order valence-electron chi connectivity index (χ0n) is 9.59. The number of methoxy groups -OCH3 is 1. The van der Waals surface area contributed by atoms with Gasteiger partial charge in [-0.15, -0.1) is 0 Å². The van der Waals surface area contributed by atoms with Crippen molar-refractivity contribution in [1.29, 1.82) is 0 Å². The maximum absolute atomic E-state index is 13.2. The summed E-state index contributed by atoms with van der Waals surface area (Å²) < 4.78 is 18.4. The van der Waals surface area contributed by atoms with Crippen molar-refractivity contribution in [1.82, 2.24) is 0 Å². The zero-order valence-corrected chi connectivity index (χ0v) is 9.59. The summed E-state index contributed by atoms with van der Waals surface area (Å²) in [7, 11) is 1.51. The summed E-state index contributed by atoms with van der Waals surface area (Å²) in [5, 5.41) is 10.7. The number of nitrogens with zero attached hydrogens (tertiary/aromatic N) is 1. The Kier molecular flexibility index (Phi) is 3.23.